The van der Waals surface area contributed by atoms with Crippen LogP contribution in [-0.4, -0.2) is 38.8 Å². The second kappa shape index (κ2) is 5.79. The first-order valence-corrected chi connectivity index (χ1v) is 7.15. The zero-order valence-corrected chi connectivity index (χ0v) is 12.6. The summed E-state index contributed by atoms with van der Waals surface area (Å²) in [5.41, 5.74) is 0.587. The van der Waals surface area contributed by atoms with Gasteiger partial charge in [-0.25, -0.2) is 18.9 Å². The van der Waals surface area contributed by atoms with Crippen LogP contribution in [-0.2, 0) is 9.53 Å². The molecule has 1 aliphatic heterocycles. The van der Waals surface area contributed by atoms with Gasteiger partial charge in [0.15, 0.2) is 0 Å². The first-order chi connectivity index (χ1) is 10.9. The standard InChI is InChI=1S/C15H15FN4O3/c1-8-7-12(15(22)23-8)18-14(21)13-17-9(2)20(19-13)11-5-3-10(16)4-6-11/h3-6,8,12H,7H2,1-2H3,(H,18,21). The van der Waals surface area contributed by atoms with E-state index in [1.807, 2.05) is 0 Å². The molecule has 7 nitrogen and oxygen atoms in total. The van der Waals surface area contributed by atoms with E-state index in [9.17, 15) is 14.0 Å². The van der Waals surface area contributed by atoms with Gasteiger partial charge in [0.05, 0.1) is 5.69 Å². The number of amides is 1. The lowest BCUT2D eigenvalue weighted by molar-refractivity contribution is -0.142. The van der Waals surface area contributed by atoms with Crippen LogP contribution < -0.4 is 5.32 Å². The van der Waals surface area contributed by atoms with E-state index < -0.39 is 17.9 Å². The fourth-order valence-corrected chi connectivity index (χ4v) is 2.41. The van der Waals surface area contributed by atoms with Crippen LogP contribution in [0.1, 0.15) is 29.8 Å². The summed E-state index contributed by atoms with van der Waals surface area (Å²) in [5.74, 6) is -0.952. The molecule has 120 valence electrons. The molecule has 1 fully saturated rings. The van der Waals surface area contributed by atoms with Crippen molar-refractivity contribution in [1.82, 2.24) is 20.1 Å². The monoisotopic (exact) mass is 318 g/mol. The molecule has 3 rings (SSSR count). The van der Waals surface area contributed by atoms with Crippen LogP contribution in [0.2, 0.25) is 0 Å². The van der Waals surface area contributed by atoms with Gasteiger partial charge in [-0.3, -0.25) is 4.79 Å². The van der Waals surface area contributed by atoms with E-state index in [0.717, 1.165) is 0 Å². The lowest BCUT2D eigenvalue weighted by Gasteiger charge is -2.06. The Kier molecular flexibility index (Phi) is 3.81. The molecule has 1 aliphatic rings. The predicted octanol–water partition coefficient (Wildman–Crippen LogP) is 1.15. The number of carbonyl (C=O) groups is 2. The Morgan fingerprint density at radius 2 is 2.09 bits per heavy atom. The fourth-order valence-electron chi connectivity index (χ4n) is 2.41. The van der Waals surface area contributed by atoms with Crippen molar-refractivity contribution >= 4 is 11.9 Å². The van der Waals surface area contributed by atoms with Gasteiger partial charge < -0.3 is 10.1 Å². The number of aryl methyl sites for hydroxylation is 1. The molecule has 1 amide bonds. The first-order valence-electron chi connectivity index (χ1n) is 7.15. The van der Waals surface area contributed by atoms with Gasteiger partial charge in [-0.05, 0) is 38.1 Å². The summed E-state index contributed by atoms with van der Waals surface area (Å²) >= 11 is 0. The van der Waals surface area contributed by atoms with E-state index in [2.05, 4.69) is 15.4 Å². The molecule has 8 heteroatoms. The average Bonchev–Trinajstić information content (AvgIpc) is 3.03. The summed E-state index contributed by atoms with van der Waals surface area (Å²) in [4.78, 5) is 27.8. The number of benzene rings is 1. The van der Waals surface area contributed by atoms with E-state index in [1.54, 1.807) is 13.8 Å². The molecule has 2 unspecified atom stereocenters. The Morgan fingerprint density at radius 1 is 1.39 bits per heavy atom. The van der Waals surface area contributed by atoms with Crippen LogP contribution in [0.3, 0.4) is 0 Å². The minimum absolute atomic E-state index is 0.0563. The number of nitrogens with one attached hydrogen (secondary N) is 1. The van der Waals surface area contributed by atoms with E-state index in [4.69, 9.17) is 4.74 Å². The Morgan fingerprint density at radius 3 is 2.70 bits per heavy atom. The Bertz CT molecular complexity index is 757. The summed E-state index contributed by atoms with van der Waals surface area (Å²) in [5, 5.41) is 6.68. The van der Waals surface area contributed by atoms with Gasteiger partial charge in [0.1, 0.15) is 23.8 Å². The molecule has 23 heavy (non-hydrogen) atoms. The lowest BCUT2D eigenvalue weighted by atomic mass is 10.2. The van der Waals surface area contributed by atoms with Gasteiger partial charge in [-0.15, -0.1) is 5.10 Å². The van der Waals surface area contributed by atoms with Gasteiger partial charge >= 0.3 is 5.97 Å². The second-order valence-corrected chi connectivity index (χ2v) is 5.38. The van der Waals surface area contributed by atoms with Gasteiger partial charge in [0.2, 0.25) is 5.82 Å². The molecule has 0 aliphatic carbocycles. The normalized spacial score (nSPS) is 20.4. The fraction of sp³-hybridized carbons (Fsp3) is 0.333. The van der Waals surface area contributed by atoms with Crippen molar-refractivity contribution in [3.8, 4) is 5.69 Å². The third-order valence-corrected chi connectivity index (χ3v) is 3.52. The van der Waals surface area contributed by atoms with Gasteiger partial charge in [-0.1, -0.05) is 0 Å². The van der Waals surface area contributed by atoms with Crippen LogP contribution in [0.4, 0.5) is 4.39 Å². The van der Waals surface area contributed by atoms with Crippen LogP contribution in [0, 0.1) is 12.7 Å². The SMILES string of the molecule is Cc1nc(C(=O)NC2CC(C)OC2=O)nn1-c1ccc(F)cc1. The highest BCUT2D eigenvalue weighted by Crippen LogP contribution is 2.15. The van der Waals surface area contributed by atoms with Crippen LogP contribution in [0.25, 0.3) is 5.69 Å². The van der Waals surface area contributed by atoms with Crippen molar-refractivity contribution in [2.75, 3.05) is 0 Å². The highest BCUT2D eigenvalue weighted by molar-refractivity contribution is 5.94. The molecule has 2 atom stereocenters. The molecular formula is C15H15FN4O3. The second-order valence-electron chi connectivity index (χ2n) is 5.38. The number of ether oxygens (including phenoxy) is 1. The third kappa shape index (κ3) is 3.05. The molecule has 1 aromatic heterocycles. The van der Waals surface area contributed by atoms with Crippen molar-refractivity contribution in [3.05, 3.63) is 41.7 Å². The molecule has 0 saturated carbocycles. The first kappa shape index (κ1) is 15.1. The minimum Gasteiger partial charge on any atom is -0.461 e. The number of aromatic nitrogens is 3. The molecular weight excluding hydrogens is 303 g/mol. The Hall–Kier alpha value is -2.77. The molecule has 2 aromatic rings. The van der Waals surface area contributed by atoms with Gasteiger partial charge in [0, 0.05) is 6.42 Å². The van der Waals surface area contributed by atoms with Crippen molar-refractivity contribution in [2.24, 2.45) is 0 Å². The zero-order chi connectivity index (χ0) is 16.6. The number of carbonyl (C=O) groups excluding carboxylic acids is 2. The number of rotatable bonds is 3. The largest absolute Gasteiger partial charge is 0.461 e. The van der Waals surface area contributed by atoms with Crippen LogP contribution in [0.5, 0.6) is 0 Å². The summed E-state index contributed by atoms with van der Waals surface area (Å²) in [7, 11) is 0. The Balaban J connectivity index is 1.79. The molecule has 1 saturated heterocycles. The molecule has 0 spiro atoms. The number of hydrogen-bond donors (Lipinski definition) is 1. The van der Waals surface area contributed by atoms with Gasteiger partial charge in [0.25, 0.3) is 5.91 Å². The average molecular weight is 318 g/mol. The molecule has 0 bridgehead atoms. The van der Waals surface area contributed by atoms with E-state index in [1.165, 1.54) is 28.9 Å². The van der Waals surface area contributed by atoms with Crippen molar-refractivity contribution in [3.63, 3.8) is 0 Å². The topological polar surface area (TPSA) is 86.1 Å². The van der Waals surface area contributed by atoms with Crippen molar-refractivity contribution in [1.29, 1.82) is 0 Å². The van der Waals surface area contributed by atoms with E-state index in [-0.39, 0.29) is 17.7 Å². The number of halogens is 1. The van der Waals surface area contributed by atoms with Crippen molar-refractivity contribution in [2.45, 2.75) is 32.4 Å². The highest BCUT2D eigenvalue weighted by atomic mass is 19.1. The zero-order valence-electron chi connectivity index (χ0n) is 12.6. The highest BCUT2D eigenvalue weighted by Gasteiger charge is 2.34. The molecule has 1 aromatic carbocycles. The maximum atomic E-state index is 13.0. The number of nitrogens with zero attached hydrogens (tertiary/aromatic N) is 3. The van der Waals surface area contributed by atoms with Crippen LogP contribution in [0.15, 0.2) is 24.3 Å². The Labute approximate surface area is 131 Å². The number of cyclic esters (lactones) is 1. The van der Waals surface area contributed by atoms with Gasteiger partial charge in [-0.2, -0.15) is 0 Å². The predicted molar refractivity (Wildman–Crippen MR) is 77.5 cm³/mol. The quantitative estimate of drug-likeness (QED) is 0.858. The lowest BCUT2D eigenvalue weighted by Crippen LogP contribution is -2.38. The maximum Gasteiger partial charge on any atom is 0.329 e. The third-order valence-electron chi connectivity index (χ3n) is 3.52. The summed E-state index contributed by atoms with van der Waals surface area (Å²) in [6, 6.07) is 4.98. The molecule has 0 radical (unpaired) electrons. The van der Waals surface area contributed by atoms with E-state index in [0.29, 0.717) is 17.9 Å². The minimum atomic E-state index is -0.685. The van der Waals surface area contributed by atoms with E-state index >= 15 is 0 Å². The summed E-state index contributed by atoms with van der Waals surface area (Å²) in [6.45, 7) is 3.44. The molecule has 1 N–H and O–H groups in total. The smallest absolute Gasteiger partial charge is 0.329 e. The summed E-state index contributed by atoms with van der Waals surface area (Å²) < 4.78 is 19.4. The molecule has 2 heterocycles. The summed E-state index contributed by atoms with van der Waals surface area (Å²) in [6.07, 6.45) is 0.196. The van der Waals surface area contributed by atoms with Crippen LogP contribution >= 0.6 is 0 Å². The number of esters is 1. The number of hydrogen-bond acceptors (Lipinski definition) is 5. The van der Waals surface area contributed by atoms with Crippen molar-refractivity contribution < 1.29 is 18.7 Å². The maximum absolute atomic E-state index is 13.0.